The second-order valence-electron chi connectivity index (χ2n) is 7.88. The Kier molecular flexibility index (Phi) is 8.44. The smallest absolute Gasteiger partial charge is 0.119 e. The van der Waals surface area contributed by atoms with E-state index >= 15 is 0 Å². The zero-order chi connectivity index (χ0) is 24.5. The van der Waals surface area contributed by atoms with E-state index in [9.17, 15) is 0 Å². The summed E-state index contributed by atoms with van der Waals surface area (Å²) in [4.78, 5) is 0. The first-order valence-electron chi connectivity index (χ1n) is 11.4. The van der Waals surface area contributed by atoms with Gasteiger partial charge in [0.05, 0.1) is 12.1 Å². The van der Waals surface area contributed by atoms with Crippen LogP contribution in [0.15, 0.2) is 103 Å². The average molecular weight is 486 g/mol. The number of halogens is 1. The Hall–Kier alpha value is -3.73. The molecule has 0 aliphatic heterocycles. The largest absolute Gasteiger partial charge is 0.497 e. The molecule has 0 aliphatic carbocycles. The normalized spacial score (nSPS) is 11.5. The highest BCUT2D eigenvalue weighted by Crippen LogP contribution is 2.36. The quantitative estimate of drug-likeness (QED) is 0.252. The summed E-state index contributed by atoms with van der Waals surface area (Å²) in [6, 6.07) is 33.7. The molecule has 0 unspecified atom stereocenters. The number of hydrogen-bond donors (Lipinski definition) is 1. The Bertz CT molecular complexity index is 1240. The molecule has 2 N–H and O–H groups in total. The molecule has 0 amide bonds. The highest BCUT2D eigenvalue weighted by Gasteiger charge is 2.14. The van der Waals surface area contributed by atoms with E-state index in [0.717, 1.165) is 45.1 Å². The van der Waals surface area contributed by atoms with E-state index in [0.29, 0.717) is 24.8 Å². The average Bonchev–Trinajstić information content (AvgIpc) is 2.93. The molecule has 4 aromatic rings. The zero-order valence-corrected chi connectivity index (χ0v) is 20.4. The molecule has 4 rings (SSSR count). The van der Waals surface area contributed by atoms with Gasteiger partial charge in [0.2, 0.25) is 0 Å². The molecule has 0 fully saturated rings. The molecular formula is C30H28ClNO3. The predicted molar refractivity (Wildman–Crippen MR) is 143 cm³/mol. The lowest BCUT2D eigenvalue weighted by atomic mass is 9.95. The molecule has 178 valence electrons. The van der Waals surface area contributed by atoms with Gasteiger partial charge >= 0.3 is 0 Å². The standard InChI is InChI=1S/C30H28ClNO3/c1-33-26-13-11-25(12-14-26)30(31)29(23-7-15-27(16-8-23)34-20-19-32)24-9-17-28(18-10-24)35-21-22-5-3-2-4-6-22/h2-18H,19-21,32H2,1H3/b30-29+. The van der Waals surface area contributed by atoms with Crippen molar-refractivity contribution in [2.45, 2.75) is 6.61 Å². The Labute approximate surface area is 211 Å². The molecule has 0 saturated carbocycles. The fourth-order valence-electron chi connectivity index (χ4n) is 3.66. The first-order chi connectivity index (χ1) is 17.2. The first-order valence-corrected chi connectivity index (χ1v) is 11.8. The molecule has 5 heteroatoms. The van der Waals surface area contributed by atoms with E-state index in [1.165, 1.54) is 0 Å². The van der Waals surface area contributed by atoms with Crippen LogP contribution in [0.5, 0.6) is 17.2 Å². The maximum absolute atomic E-state index is 7.00. The SMILES string of the molecule is COc1ccc(/C(Cl)=C(/c2ccc(OCCN)cc2)c2ccc(OCc3ccccc3)cc2)cc1. The molecule has 0 spiro atoms. The number of ether oxygens (including phenoxy) is 3. The van der Waals surface area contributed by atoms with Crippen LogP contribution in [0.1, 0.15) is 22.3 Å². The Morgan fingerprint density at radius 1 is 0.657 bits per heavy atom. The first kappa shape index (κ1) is 24.4. The fraction of sp³-hybridized carbons (Fsp3) is 0.133. The van der Waals surface area contributed by atoms with Crippen molar-refractivity contribution in [2.24, 2.45) is 5.73 Å². The minimum Gasteiger partial charge on any atom is -0.497 e. The van der Waals surface area contributed by atoms with Gasteiger partial charge in [-0.25, -0.2) is 0 Å². The minimum atomic E-state index is 0.467. The molecular weight excluding hydrogens is 458 g/mol. The lowest BCUT2D eigenvalue weighted by Gasteiger charge is -2.15. The van der Waals surface area contributed by atoms with Crippen LogP contribution < -0.4 is 19.9 Å². The van der Waals surface area contributed by atoms with Crippen molar-refractivity contribution < 1.29 is 14.2 Å². The summed E-state index contributed by atoms with van der Waals surface area (Å²) in [7, 11) is 1.65. The van der Waals surface area contributed by atoms with Gasteiger partial charge in [0.25, 0.3) is 0 Å². The van der Waals surface area contributed by atoms with Crippen LogP contribution in [0, 0.1) is 0 Å². The minimum absolute atomic E-state index is 0.467. The van der Waals surface area contributed by atoms with Gasteiger partial charge in [-0.1, -0.05) is 66.2 Å². The van der Waals surface area contributed by atoms with Crippen molar-refractivity contribution in [3.8, 4) is 17.2 Å². The Balaban J connectivity index is 1.65. The van der Waals surface area contributed by atoms with Gasteiger partial charge in [0.1, 0.15) is 30.5 Å². The van der Waals surface area contributed by atoms with Crippen LogP contribution in [0.2, 0.25) is 0 Å². The molecule has 0 atom stereocenters. The van der Waals surface area contributed by atoms with Gasteiger partial charge in [-0.15, -0.1) is 0 Å². The summed E-state index contributed by atoms with van der Waals surface area (Å²) in [6.45, 7) is 1.45. The number of nitrogens with two attached hydrogens (primary N) is 1. The fourth-order valence-corrected chi connectivity index (χ4v) is 4.00. The van der Waals surface area contributed by atoms with E-state index in [4.69, 9.17) is 31.5 Å². The van der Waals surface area contributed by atoms with E-state index in [2.05, 4.69) is 0 Å². The molecule has 0 radical (unpaired) electrons. The Morgan fingerprint density at radius 2 is 1.17 bits per heavy atom. The molecule has 0 bridgehead atoms. The van der Waals surface area contributed by atoms with Crippen LogP contribution in [0.3, 0.4) is 0 Å². The summed E-state index contributed by atoms with van der Waals surface area (Å²) in [5.74, 6) is 2.34. The number of rotatable bonds is 10. The third-order valence-corrected chi connectivity index (χ3v) is 5.89. The monoisotopic (exact) mass is 485 g/mol. The van der Waals surface area contributed by atoms with Crippen molar-refractivity contribution in [1.82, 2.24) is 0 Å². The zero-order valence-electron chi connectivity index (χ0n) is 19.6. The summed E-state index contributed by atoms with van der Waals surface area (Å²) < 4.78 is 16.9. The lowest BCUT2D eigenvalue weighted by Crippen LogP contribution is -2.10. The summed E-state index contributed by atoms with van der Waals surface area (Å²) in [5, 5.41) is 0.640. The van der Waals surface area contributed by atoms with E-state index in [-0.39, 0.29) is 0 Å². The molecule has 0 aliphatic rings. The van der Waals surface area contributed by atoms with Gasteiger partial charge in [0, 0.05) is 12.1 Å². The third-order valence-electron chi connectivity index (χ3n) is 5.48. The molecule has 35 heavy (non-hydrogen) atoms. The highest BCUT2D eigenvalue weighted by atomic mass is 35.5. The lowest BCUT2D eigenvalue weighted by molar-refractivity contribution is 0.306. The van der Waals surface area contributed by atoms with E-state index < -0.39 is 0 Å². The predicted octanol–water partition coefficient (Wildman–Crippen LogP) is 6.77. The summed E-state index contributed by atoms with van der Waals surface area (Å²) in [6.07, 6.45) is 0. The number of benzene rings is 4. The van der Waals surface area contributed by atoms with Crippen LogP contribution >= 0.6 is 11.6 Å². The topological polar surface area (TPSA) is 53.7 Å². The second kappa shape index (κ2) is 12.1. The van der Waals surface area contributed by atoms with Crippen LogP contribution in [-0.4, -0.2) is 20.3 Å². The third kappa shape index (κ3) is 6.44. The molecule has 0 aromatic heterocycles. The van der Waals surface area contributed by atoms with Crippen molar-refractivity contribution in [1.29, 1.82) is 0 Å². The maximum atomic E-state index is 7.00. The van der Waals surface area contributed by atoms with Crippen molar-refractivity contribution in [3.63, 3.8) is 0 Å². The van der Waals surface area contributed by atoms with Crippen LogP contribution in [0.4, 0.5) is 0 Å². The highest BCUT2D eigenvalue weighted by molar-refractivity contribution is 6.53. The van der Waals surface area contributed by atoms with Crippen molar-refractivity contribution in [3.05, 3.63) is 125 Å². The molecule has 4 aromatic carbocycles. The van der Waals surface area contributed by atoms with Gasteiger partial charge in [-0.3, -0.25) is 0 Å². The second-order valence-corrected chi connectivity index (χ2v) is 8.26. The Morgan fingerprint density at radius 3 is 1.71 bits per heavy atom. The van der Waals surface area contributed by atoms with Gasteiger partial charge in [0.15, 0.2) is 0 Å². The van der Waals surface area contributed by atoms with Gasteiger partial charge in [-0.2, -0.15) is 0 Å². The molecule has 4 nitrogen and oxygen atoms in total. The summed E-state index contributed by atoms with van der Waals surface area (Å²) >= 11 is 7.00. The molecule has 0 heterocycles. The summed E-state index contributed by atoms with van der Waals surface area (Å²) in [5.41, 5.74) is 10.4. The van der Waals surface area contributed by atoms with Crippen LogP contribution in [-0.2, 0) is 6.61 Å². The van der Waals surface area contributed by atoms with Gasteiger partial charge in [-0.05, 0) is 70.8 Å². The van der Waals surface area contributed by atoms with Crippen molar-refractivity contribution in [2.75, 3.05) is 20.3 Å². The van der Waals surface area contributed by atoms with E-state index in [1.807, 2.05) is 103 Å². The number of methoxy groups -OCH3 is 1. The van der Waals surface area contributed by atoms with E-state index in [1.54, 1.807) is 7.11 Å². The maximum Gasteiger partial charge on any atom is 0.119 e. The van der Waals surface area contributed by atoms with Crippen LogP contribution in [0.25, 0.3) is 10.6 Å². The number of hydrogen-bond acceptors (Lipinski definition) is 4. The van der Waals surface area contributed by atoms with Crippen molar-refractivity contribution >= 4 is 22.2 Å². The van der Waals surface area contributed by atoms with Gasteiger partial charge < -0.3 is 19.9 Å². The molecule has 0 saturated heterocycles.